The summed E-state index contributed by atoms with van der Waals surface area (Å²) in [6, 6.07) is 1.24. The molecule has 2 aliphatic rings. The number of halogens is 1. The van der Waals surface area contributed by atoms with Crippen LogP contribution in [0.5, 0.6) is 5.75 Å². The molecule has 126 valence electrons. The standard InChI is InChI=1S/C17H18FN3O3/c1-19-2-4-20(5-3-19)15-13(18)8-12-14-17(15)24-7-6-21(14)9-11(10-22)16(12)23/h8-10H,2-7H2,1H3. The maximum absolute atomic E-state index is 14.8. The number of nitrogens with zero attached hydrogens (tertiary/aromatic N) is 3. The lowest BCUT2D eigenvalue weighted by molar-refractivity contribution is 0.112. The van der Waals surface area contributed by atoms with Gasteiger partial charge >= 0.3 is 0 Å². The van der Waals surface area contributed by atoms with Gasteiger partial charge in [0.25, 0.3) is 0 Å². The second kappa shape index (κ2) is 5.59. The number of aldehydes is 1. The van der Waals surface area contributed by atoms with Crippen LogP contribution in [0.3, 0.4) is 0 Å². The van der Waals surface area contributed by atoms with Gasteiger partial charge in [-0.3, -0.25) is 9.59 Å². The fourth-order valence-corrected chi connectivity index (χ4v) is 3.48. The van der Waals surface area contributed by atoms with Crippen molar-refractivity contribution < 1.29 is 13.9 Å². The van der Waals surface area contributed by atoms with Crippen LogP contribution in [0.15, 0.2) is 17.1 Å². The Balaban J connectivity index is 1.97. The van der Waals surface area contributed by atoms with E-state index < -0.39 is 11.2 Å². The minimum atomic E-state index is -0.476. The summed E-state index contributed by atoms with van der Waals surface area (Å²) in [5.41, 5.74) is 0.586. The molecule has 4 rings (SSSR count). The van der Waals surface area contributed by atoms with Gasteiger partial charge in [-0.2, -0.15) is 0 Å². The molecule has 1 fully saturated rings. The first-order valence-electron chi connectivity index (χ1n) is 8.01. The van der Waals surface area contributed by atoms with Gasteiger partial charge in [0.1, 0.15) is 12.3 Å². The molecule has 1 aromatic carbocycles. The van der Waals surface area contributed by atoms with Crippen LogP contribution in [0.1, 0.15) is 10.4 Å². The lowest BCUT2D eigenvalue weighted by Gasteiger charge is -2.36. The highest BCUT2D eigenvalue weighted by molar-refractivity contribution is 5.94. The van der Waals surface area contributed by atoms with Gasteiger partial charge in [0, 0.05) is 32.4 Å². The van der Waals surface area contributed by atoms with Gasteiger partial charge in [-0.25, -0.2) is 4.39 Å². The van der Waals surface area contributed by atoms with Gasteiger partial charge in [0.05, 0.1) is 23.0 Å². The van der Waals surface area contributed by atoms with E-state index in [1.54, 1.807) is 0 Å². The Labute approximate surface area is 138 Å². The Bertz CT molecular complexity index is 885. The number of anilines is 1. The van der Waals surface area contributed by atoms with Crippen molar-refractivity contribution in [2.24, 2.45) is 0 Å². The number of pyridine rings is 1. The van der Waals surface area contributed by atoms with Crippen molar-refractivity contribution >= 4 is 22.9 Å². The van der Waals surface area contributed by atoms with E-state index in [2.05, 4.69) is 4.90 Å². The molecular weight excluding hydrogens is 313 g/mol. The van der Waals surface area contributed by atoms with Gasteiger partial charge in [0.15, 0.2) is 23.3 Å². The summed E-state index contributed by atoms with van der Waals surface area (Å²) in [5.74, 6) is -0.0639. The van der Waals surface area contributed by atoms with E-state index in [9.17, 15) is 14.0 Å². The molecule has 3 heterocycles. The zero-order valence-corrected chi connectivity index (χ0v) is 13.4. The van der Waals surface area contributed by atoms with Crippen LogP contribution in [0.4, 0.5) is 10.1 Å². The number of carbonyl (C=O) groups is 1. The quantitative estimate of drug-likeness (QED) is 0.772. The lowest BCUT2D eigenvalue weighted by Crippen LogP contribution is -2.45. The van der Waals surface area contributed by atoms with Gasteiger partial charge in [-0.15, -0.1) is 0 Å². The van der Waals surface area contributed by atoms with Crippen LogP contribution in [0, 0.1) is 5.82 Å². The van der Waals surface area contributed by atoms with Crippen molar-refractivity contribution in [3.63, 3.8) is 0 Å². The first kappa shape index (κ1) is 15.1. The average Bonchev–Trinajstić information content (AvgIpc) is 2.59. The molecule has 0 aliphatic carbocycles. The second-order valence-corrected chi connectivity index (χ2v) is 6.30. The first-order valence-corrected chi connectivity index (χ1v) is 8.01. The minimum absolute atomic E-state index is 0.0436. The lowest BCUT2D eigenvalue weighted by atomic mass is 10.1. The summed E-state index contributed by atoms with van der Waals surface area (Å²) < 4.78 is 22.4. The van der Waals surface area contributed by atoms with Crippen molar-refractivity contribution in [1.82, 2.24) is 9.47 Å². The van der Waals surface area contributed by atoms with E-state index in [0.717, 1.165) is 13.1 Å². The molecule has 1 saturated heterocycles. The third kappa shape index (κ3) is 2.19. The van der Waals surface area contributed by atoms with E-state index in [0.29, 0.717) is 49.5 Å². The molecule has 6 nitrogen and oxygen atoms in total. The average molecular weight is 331 g/mol. The SMILES string of the molecule is CN1CCN(c2c(F)cc3c(=O)c(C=O)cn4c3c2OCC4)CC1. The number of benzene rings is 1. The van der Waals surface area contributed by atoms with Crippen LogP contribution in [-0.4, -0.2) is 55.6 Å². The molecule has 0 atom stereocenters. The smallest absolute Gasteiger partial charge is 0.200 e. The molecule has 0 saturated carbocycles. The van der Waals surface area contributed by atoms with Gasteiger partial charge in [-0.05, 0) is 13.1 Å². The fourth-order valence-electron chi connectivity index (χ4n) is 3.48. The Morgan fingerprint density at radius 2 is 1.96 bits per heavy atom. The van der Waals surface area contributed by atoms with Crippen molar-refractivity contribution in [2.75, 3.05) is 44.7 Å². The molecule has 0 N–H and O–H groups in total. The Kier molecular flexibility index (Phi) is 3.53. The zero-order chi connectivity index (χ0) is 16.8. The second-order valence-electron chi connectivity index (χ2n) is 6.30. The molecule has 0 radical (unpaired) electrons. The number of aromatic nitrogens is 1. The van der Waals surface area contributed by atoms with Crippen molar-refractivity contribution in [1.29, 1.82) is 0 Å². The topological polar surface area (TPSA) is 54.8 Å². The van der Waals surface area contributed by atoms with Crippen LogP contribution < -0.4 is 15.1 Å². The number of carbonyl (C=O) groups excluding carboxylic acids is 1. The summed E-state index contributed by atoms with van der Waals surface area (Å²) in [7, 11) is 2.03. The number of rotatable bonds is 2. The zero-order valence-electron chi connectivity index (χ0n) is 13.4. The van der Waals surface area contributed by atoms with Crippen molar-refractivity contribution in [3.05, 3.63) is 33.9 Å². The maximum atomic E-state index is 14.8. The van der Waals surface area contributed by atoms with Crippen molar-refractivity contribution in [3.8, 4) is 5.75 Å². The van der Waals surface area contributed by atoms with E-state index in [4.69, 9.17) is 4.74 Å². The van der Waals surface area contributed by atoms with Crippen LogP contribution in [0.2, 0.25) is 0 Å². The maximum Gasteiger partial charge on any atom is 0.200 e. The Morgan fingerprint density at radius 1 is 1.21 bits per heavy atom. The van der Waals surface area contributed by atoms with Gasteiger partial charge < -0.3 is 19.1 Å². The molecule has 2 aliphatic heterocycles. The predicted molar refractivity (Wildman–Crippen MR) is 88.8 cm³/mol. The van der Waals surface area contributed by atoms with Crippen LogP contribution in [0.25, 0.3) is 10.9 Å². The number of hydrogen-bond acceptors (Lipinski definition) is 5. The van der Waals surface area contributed by atoms with Crippen LogP contribution in [-0.2, 0) is 6.54 Å². The number of hydrogen-bond donors (Lipinski definition) is 0. The van der Waals surface area contributed by atoms with Gasteiger partial charge in [0.2, 0.25) is 0 Å². The summed E-state index contributed by atoms with van der Waals surface area (Å²) in [6.45, 7) is 3.99. The third-order valence-electron chi connectivity index (χ3n) is 4.80. The molecule has 0 amide bonds. The highest BCUT2D eigenvalue weighted by Crippen LogP contribution is 2.40. The molecule has 1 aromatic heterocycles. The van der Waals surface area contributed by atoms with E-state index >= 15 is 0 Å². The summed E-state index contributed by atoms with van der Waals surface area (Å²) in [6.07, 6.45) is 2.06. The summed E-state index contributed by atoms with van der Waals surface area (Å²) in [4.78, 5) is 27.7. The first-order chi connectivity index (χ1) is 11.6. The molecule has 7 heteroatoms. The highest BCUT2D eigenvalue weighted by atomic mass is 19.1. The molecule has 0 unspecified atom stereocenters. The Morgan fingerprint density at radius 3 is 2.67 bits per heavy atom. The molecule has 2 aromatic rings. The van der Waals surface area contributed by atoms with E-state index in [1.165, 1.54) is 12.3 Å². The largest absolute Gasteiger partial charge is 0.487 e. The summed E-state index contributed by atoms with van der Waals surface area (Å²) in [5, 5.41) is 0.199. The van der Waals surface area contributed by atoms with Gasteiger partial charge in [-0.1, -0.05) is 0 Å². The predicted octanol–water partition coefficient (Wildman–Crippen LogP) is 1.10. The number of ether oxygens (including phenoxy) is 1. The third-order valence-corrected chi connectivity index (χ3v) is 4.80. The molecule has 0 spiro atoms. The number of piperazine rings is 1. The number of likely N-dealkylation sites (N-methyl/N-ethyl adjacent to an activating group) is 1. The van der Waals surface area contributed by atoms with E-state index in [1.807, 2.05) is 16.5 Å². The molecular formula is C17H18FN3O3. The summed E-state index contributed by atoms with van der Waals surface area (Å²) >= 11 is 0. The van der Waals surface area contributed by atoms with Crippen molar-refractivity contribution in [2.45, 2.75) is 6.54 Å². The monoisotopic (exact) mass is 331 g/mol. The normalized spacial score (nSPS) is 17.8. The van der Waals surface area contributed by atoms with E-state index in [-0.39, 0.29) is 10.9 Å². The molecule has 24 heavy (non-hydrogen) atoms. The Hall–Kier alpha value is -2.41. The highest BCUT2D eigenvalue weighted by Gasteiger charge is 2.28. The van der Waals surface area contributed by atoms with Crippen LogP contribution >= 0.6 is 0 Å². The molecule has 0 bridgehead atoms. The minimum Gasteiger partial charge on any atom is -0.487 e. The fraction of sp³-hybridized carbons (Fsp3) is 0.412.